The number of hydrogen-bond donors (Lipinski definition) is 0. The first-order chi connectivity index (χ1) is 17.4. The Hall–Kier alpha value is -2.75. The first kappa shape index (κ1) is 26.3. The molecule has 5 rings (SSSR count). The molecule has 1 fully saturated rings. The molecule has 10 heteroatoms. The highest BCUT2D eigenvalue weighted by molar-refractivity contribution is 5.71. The fourth-order valence-electron chi connectivity index (χ4n) is 5.51. The van der Waals surface area contributed by atoms with Gasteiger partial charge in [0.2, 0.25) is 0 Å². The monoisotopic (exact) mass is 504 g/mol. The highest BCUT2D eigenvalue weighted by atomic mass is 19.3. The smallest absolute Gasteiger partial charge is 0.409 e. The molecule has 198 valence electrons. The van der Waals surface area contributed by atoms with E-state index in [2.05, 4.69) is 21.6 Å². The number of nitrogens with zero attached hydrogens (tertiary/aromatic N) is 6. The molecule has 5 heterocycles. The van der Waals surface area contributed by atoms with Crippen LogP contribution in [-0.4, -0.2) is 71.0 Å². The second kappa shape index (κ2) is 11.1. The van der Waals surface area contributed by atoms with Crippen LogP contribution in [0.5, 0.6) is 0 Å². The number of rotatable bonds is 3. The number of aryl methyl sites for hydroxylation is 2. The van der Waals surface area contributed by atoms with Crippen molar-refractivity contribution in [1.82, 2.24) is 24.6 Å². The van der Waals surface area contributed by atoms with Crippen LogP contribution in [0.4, 0.5) is 25.1 Å². The number of carbonyl (C=O) groups excluding carboxylic acids is 1. The normalized spacial score (nSPS) is 18.4. The minimum absolute atomic E-state index is 0.0366. The van der Waals surface area contributed by atoms with Crippen molar-refractivity contribution in [3.05, 3.63) is 34.3 Å². The Morgan fingerprint density at radius 1 is 1.14 bits per heavy atom. The summed E-state index contributed by atoms with van der Waals surface area (Å²) in [6, 6.07) is 1.88. The van der Waals surface area contributed by atoms with Crippen LogP contribution in [0.2, 0.25) is 0 Å². The van der Waals surface area contributed by atoms with Gasteiger partial charge >= 0.3 is 6.09 Å². The number of hydrogen-bond acceptors (Lipinski definition) is 6. The average molecular weight is 505 g/mol. The van der Waals surface area contributed by atoms with E-state index < -0.39 is 6.43 Å². The number of likely N-dealkylation sites (tertiary alicyclic amines) is 1. The Bertz CT molecular complexity index is 1080. The first-order valence-corrected chi connectivity index (χ1v) is 13.0. The fraction of sp³-hybridized carbons (Fsp3) is 0.654. The van der Waals surface area contributed by atoms with Crippen LogP contribution < -0.4 is 4.90 Å². The molecule has 2 aromatic heterocycles. The number of fused-ring (bicyclic) bond motifs is 2. The van der Waals surface area contributed by atoms with Crippen LogP contribution >= 0.6 is 0 Å². The molecule has 3 aliphatic heterocycles. The van der Waals surface area contributed by atoms with Gasteiger partial charge in [-0.25, -0.2) is 13.6 Å². The molecular weight excluding hydrogens is 466 g/mol. The summed E-state index contributed by atoms with van der Waals surface area (Å²) in [5.41, 5.74) is 4.01. The van der Waals surface area contributed by atoms with E-state index in [-0.39, 0.29) is 11.7 Å². The van der Waals surface area contributed by atoms with E-state index in [9.17, 15) is 13.6 Å². The Morgan fingerprint density at radius 3 is 2.53 bits per heavy atom. The maximum atomic E-state index is 13.7. The Morgan fingerprint density at radius 2 is 1.86 bits per heavy atom. The topological polar surface area (TPSA) is 66.7 Å². The number of piperidine rings is 1. The molecule has 0 spiro atoms. The molecule has 0 radical (unpaired) electrons. The van der Waals surface area contributed by atoms with E-state index in [0.29, 0.717) is 43.5 Å². The number of amides is 1. The van der Waals surface area contributed by atoms with Crippen molar-refractivity contribution in [2.75, 3.05) is 45.2 Å². The largest absolute Gasteiger partial charge is 0.453 e. The molecule has 1 saturated heterocycles. The van der Waals surface area contributed by atoms with E-state index in [1.54, 1.807) is 17.9 Å². The zero-order chi connectivity index (χ0) is 26.0. The van der Waals surface area contributed by atoms with Crippen LogP contribution in [-0.2, 0) is 24.1 Å². The lowest BCUT2D eigenvalue weighted by molar-refractivity contribution is 0.118. The summed E-state index contributed by atoms with van der Waals surface area (Å²) in [4.78, 5) is 22.9. The second-order valence-electron chi connectivity index (χ2n) is 9.55. The summed E-state index contributed by atoms with van der Waals surface area (Å²) in [6.07, 6.45) is 1.39. The van der Waals surface area contributed by atoms with Crippen molar-refractivity contribution < 1.29 is 18.3 Å². The molecule has 0 aromatic carbocycles. The SMILES string of the molecule is CC.COC(=O)N1CCc2c(c(N3CCCc4nc(C)c(C(F)F)cc43)nn2C2CCN(C)CC2)C1. The van der Waals surface area contributed by atoms with Gasteiger partial charge in [-0.3, -0.25) is 9.67 Å². The van der Waals surface area contributed by atoms with Crippen molar-refractivity contribution in [3.8, 4) is 0 Å². The number of alkyl halides is 2. The molecule has 8 nitrogen and oxygen atoms in total. The lowest BCUT2D eigenvalue weighted by Crippen LogP contribution is -2.37. The molecule has 0 N–H and O–H groups in total. The summed E-state index contributed by atoms with van der Waals surface area (Å²) < 4.78 is 34.6. The average Bonchev–Trinajstić information content (AvgIpc) is 3.27. The van der Waals surface area contributed by atoms with Gasteiger partial charge in [0.1, 0.15) is 0 Å². The Kier molecular flexibility index (Phi) is 8.12. The van der Waals surface area contributed by atoms with Crippen molar-refractivity contribution in [2.45, 2.75) is 71.9 Å². The van der Waals surface area contributed by atoms with Crippen molar-refractivity contribution in [1.29, 1.82) is 0 Å². The number of carbonyl (C=O) groups is 1. The summed E-state index contributed by atoms with van der Waals surface area (Å²) in [6.45, 7) is 9.31. The third kappa shape index (κ3) is 4.92. The van der Waals surface area contributed by atoms with Gasteiger partial charge in [-0.2, -0.15) is 5.10 Å². The van der Waals surface area contributed by atoms with E-state index in [4.69, 9.17) is 9.84 Å². The lowest BCUT2D eigenvalue weighted by Gasteiger charge is -2.32. The van der Waals surface area contributed by atoms with Crippen LogP contribution in [0, 0.1) is 6.92 Å². The number of halogens is 2. The van der Waals surface area contributed by atoms with Gasteiger partial charge in [-0.15, -0.1) is 0 Å². The fourth-order valence-corrected chi connectivity index (χ4v) is 5.51. The third-order valence-corrected chi connectivity index (χ3v) is 7.42. The predicted octanol–water partition coefficient (Wildman–Crippen LogP) is 5.03. The molecular formula is C26H38F2N6O2. The highest BCUT2D eigenvalue weighted by Crippen LogP contribution is 2.40. The van der Waals surface area contributed by atoms with Crippen molar-refractivity contribution in [3.63, 3.8) is 0 Å². The maximum absolute atomic E-state index is 13.7. The van der Waals surface area contributed by atoms with Gasteiger partial charge in [0.15, 0.2) is 5.82 Å². The van der Waals surface area contributed by atoms with Crippen LogP contribution in [0.1, 0.15) is 73.8 Å². The number of ether oxygens (including phenoxy) is 1. The van der Waals surface area contributed by atoms with Crippen LogP contribution in [0.3, 0.4) is 0 Å². The number of aromatic nitrogens is 3. The number of pyridine rings is 1. The zero-order valence-corrected chi connectivity index (χ0v) is 22.1. The predicted molar refractivity (Wildman–Crippen MR) is 135 cm³/mol. The van der Waals surface area contributed by atoms with Crippen molar-refractivity contribution in [2.24, 2.45) is 0 Å². The van der Waals surface area contributed by atoms with Gasteiger partial charge in [0.25, 0.3) is 6.43 Å². The van der Waals surface area contributed by atoms with Gasteiger partial charge in [-0.05, 0) is 58.8 Å². The molecule has 0 saturated carbocycles. The molecule has 0 bridgehead atoms. The summed E-state index contributed by atoms with van der Waals surface area (Å²) in [5, 5.41) is 5.11. The summed E-state index contributed by atoms with van der Waals surface area (Å²) in [5.74, 6) is 0.759. The first-order valence-electron chi connectivity index (χ1n) is 13.0. The Balaban J connectivity index is 0.00000148. The maximum Gasteiger partial charge on any atom is 0.409 e. The minimum Gasteiger partial charge on any atom is -0.453 e. The van der Waals surface area contributed by atoms with E-state index >= 15 is 0 Å². The highest BCUT2D eigenvalue weighted by Gasteiger charge is 2.35. The van der Waals surface area contributed by atoms with E-state index in [1.165, 1.54) is 7.11 Å². The minimum atomic E-state index is -2.58. The quantitative estimate of drug-likeness (QED) is 0.585. The van der Waals surface area contributed by atoms with Crippen LogP contribution in [0.25, 0.3) is 0 Å². The van der Waals surface area contributed by atoms with Gasteiger partial charge in [-0.1, -0.05) is 13.8 Å². The molecule has 36 heavy (non-hydrogen) atoms. The number of methoxy groups -OCH3 is 1. The van der Waals surface area contributed by atoms with Crippen LogP contribution in [0.15, 0.2) is 6.07 Å². The molecule has 1 amide bonds. The standard InChI is InChI=1S/C24H32F2N6O2.C2H6/c1-15-17(22(25)26)13-21-19(27-15)5-4-9-31(21)23-18-14-30(24(33)34-3)12-8-20(18)32(28-23)16-6-10-29(2)11-7-16;1-2/h13,16,22H,4-12,14H2,1-3H3;1-2H3. The lowest BCUT2D eigenvalue weighted by atomic mass is 10.0. The molecule has 3 aliphatic rings. The van der Waals surface area contributed by atoms with Gasteiger partial charge in [0, 0.05) is 42.0 Å². The second-order valence-corrected chi connectivity index (χ2v) is 9.55. The van der Waals surface area contributed by atoms with Gasteiger partial charge in [0.05, 0.1) is 31.1 Å². The molecule has 0 aliphatic carbocycles. The third-order valence-electron chi connectivity index (χ3n) is 7.42. The van der Waals surface area contributed by atoms with Crippen molar-refractivity contribution >= 4 is 17.6 Å². The molecule has 0 unspecified atom stereocenters. The van der Waals surface area contributed by atoms with E-state index in [1.807, 2.05) is 18.7 Å². The Labute approximate surface area is 212 Å². The summed E-state index contributed by atoms with van der Waals surface area (Å²) >= 11 is 0. The van der Waals surface area contributed by atoms with Gasteiger partial charge < -0.3 is 19.4 Å². The summed E-state index contributed by atoms with van der Waals surface area (Å²) in [7, 11) is 3.52. The number of anilines is 2. The molecule has 2 aromatic rings. The molecule has 0 atom stereocenters. The zero-order valence-electron chi connectivity index (χ0n) is 22.1. The van der Waals surface area contributed by atoms with E-state index in [0.717, 1.165) is 61.5 Å².